The van der Waals surface area contributed by atoms with Gasteiger partial charge in [-0.3, -0.25) is 23.3 Å². The van der Waals surface area contributed by atoms with Gasteiger partial charge in [-0.25, -0.2) is 15.0 Å². The highest BCUT2D eigenvalue weighted by atomic mass is 32.3. The number of nitrogens with zero attached hydrogens (tertiary/aromatic N) is 5. The van der Waals surface area contributed by atoms with Crippen LogP contribution in [0.2, 0.25) is 0 Å². The molecule has 0 bridgehead atoms. The second-order valence-corrected chi connectivity index (χ2v) is 11.3. The Labute approximate surface area is 207 Å². The highest BCUT2D eigenvalue weighted by Crippen LogP contribution is 2.61. The van der Waals surface area contributed by atoms with Crippen molar-refractivity contribution in [2.45, 2.75) is 43.9 Å². The van der Waals surface area contributed by atoms with E-state index in [1.54, 1.807) is 55.9 Å². The van der Waals surface area contributed by atoms with Crippen LogP contribution >= 0.6 is 10.6 Å². The second-order valence-electron chi connectivity index (χ2n) is 8.55. The number of nitrogens with one attached hydrogen (secondary N) is 1. The molecule has 0 aromatic carbocycles. The number of rotatable bonds is 8. The van der Waals surface area contributed by atoms with Crippen LogP contribution in [0.25, 0.3) is 11.3 Å². The molecule has 0 spiro atoms. The Hall–Kier alpha value is -3.48. The summed E-state index contributed by atoms with van der Waals surface area (Å²) >= 11 is 0. The number of imidazole rings is 1. The molecule has 190 valence electrons. The summed E-state index contributed by atoms with van der Waals surface area (Å²) in [5.41, 5.74) is 7.65. The third kappa shape index (κ3) is 5.61. The average Bonchev–Trinajstić information content (AvgIpc) is 3.24. The van der Waals surface area contributed by atoms with Crippen molar-refractivity contribution in [2.75, 3.05) is 13.7 Å². The third-order valence-electron chi connectivity index (χ3n) is 5.13. The highest BCUT2D eigenvalue weighted by Gasteiger charge is 2.34. The Balaban J connectivity index is 0.00000456. The van der Waals surface area contributed by atoms with E-state index in [1.165, 1.54) is 19.4 Å². The van der Waals surface area contributed by atoms with E-state index < -0.39 is 21.2 Å². The van der Waals surface area contributed by atoms with Gasteiger partial charge in [0.25, 0.3) is 5.91 Å². The lowest BCUT2D eigenvalue weighted by Gasteiger charge is -2.44. The van der Waals surface area contributed by atoms with Crippen LogP contribution < -0.4 is 15.8 Å². The van der Waals surface area contributed by atoms with Crippen LogP contribution in [0.4, 0.5) is 0 Å². The molecule has 12 heteroatoms. The Morgan fingerprint density at radius 2 is 2.00 bits per heavy atom. The van der Waals surface area contributed by atoms with Crippen molar-refractivity contribution in [1.82, 2.24) is 24.7 Å². The quantitative estimate of drug-likeness (QED) is 0.340. The Bertz CT molecular complexity index is 1270. The highest BCUT2D eigenvalue weighted by molar-refractivity contribution is 8.25. The van der Waals surface area contributed by atoms with Gasteiger partial charge in [-0.1, -0.05) is 0 Å². The SMILES string of the molecule is CCN=C(/C=C(\N)c1cnc2cc(OC)c(S(O)(O)C(C)(C)C)cn12)C(=O)NCc1ncccn1.[HH]. The largest absolute Gasteiger partial charge is 0.495 e. The molecule has 1 amide bonds. The Morgan fingerprint density at radius 3 is 2.60 bits per heavy atom. The van der Waals surface area contributed by atoms with E-state index in [0.29, 0.717) is 29.5 Å². The monoisotopic (exact) mass is 503 g/mol. The molecule has 0 atom stereocenters. The van der Waals surface area contributed by atoms with Gasteiger partial charge in [0.1, 0.15) is 27.8 Å². The molecule has 3 aromatic heterocycles. The minimum Gasteiger partial charge on any atom is -0.495 e. The second kappa shape index (κ2) is 10.4. The lowest BCUT2D eigenvalue weighted by atomic mass is 10.2. The molecule has 0 saturated heterocycles. The molecule has 0 saturated carbocycles. The molecule has 0 aliphatic carbocycles. The molecule has 0 aliphatic heterocycles. The summed E-state index contributed by atoms with van der Waals surface area (Å²) in [6.07, 6.45) is 7.74. The maximum atomic E-state index is 12.8. The zero-order valence-corrected chi connectivity index (χ0v) is 21.2. The number of methoxy groups -OCH3 is 1. The zero-order valence-electron chi connectivity index (χ0n) is 20.4. The van der Waals surface area contributed by atoms with Crippen molar-refractivity contribution >= 4 is 33.6 Å². The summed E-state index contributed by atoms with van der Waals surface area (Å²) in [6, 6.07) is 3.30. The minimum absolute atomic E-state index is 0. The van der Waals surface area contributed by atoms with Crippen molar-refractivity contribution in [2.24, 2.45) is 10.7 Å². The van der Waals surface area contributed by atoms with Gasteiger partial charge in [-0.15, -0.1) is 0 Å². The van der Waals surface area contributed by atoms with Crippen LogP contribution in [0.1, 0.15) is 40.6 Å². The van der Waals surface area contributed by atoms with Crippen molar-refractivity contribution in [3.63, 3.8) is 0 Å². The number of ether oxygens (including phenoxy) is 1. The van der Waals surface area contributed by atoms with Crippen molar-refractivity contribution < 1.29 is 20.1 Å². The standard InChI is InChI=1S/C23H31N7O4S.H2/c1-6-25-16(22(31)29-13-20-26-8-7-9-27-20)10-15(24)17-12-28-21-11-18(34-5)19(14-30(17)21)35(32,33)23(2,3)4;/h7-12,14,32-33H,6,13,24H2,1-5H3,(H,29,31);1H/b15-10-,25-16?;. The number of pyridine rings is 1. The van der Waals surface area contributed by atoms with Crippen molar-refractivity contribution in [1.29, 1.82) is 0 Å². The lowest BCUT2D eigenvalue weighted by Crippen LogP contribution is -2.31. The number of amides is 1. The first kappa shape index (κ1) is 26.1. The predicted octanol–water partition coefficient (Wildman–Crippen LogP) is 3.36. The van der Waals surface area contributed by atoms with Gasteiger partial charge in [0, 0.05) is 32.6 Å². The fourth-order valence-electron chi connectivity index (χ4n) is 3.15. The van der Waals surface area contributed by atoms with Gasteiger partial charge in [-0.2, -0.15) is 10.6 Å². The summed E-state index contributed by atoms with van der Waals surface area (Å²) in [6.45, 7) is 7.53. The summed E-state index contributed by atoms with van der Waals surface area (Å²) in [5, 5.41) is 2.74. The van der Waals surface area contributed by atoms with Crippen LogP contribution in [-0.4, -0.2) is 58.5 Å². The van der Waals surface area contributed by atoms with Gasteiger partial charge in [-0.05, 0) is 39.8 Å². The molecule has 0 unspecified atom stereocenters. The van der Waals surface area contributed by atoms with Crippen molar-refractivity contribution in [3.8, 4) is 5.75 Å². The molecular formula is C23H33N7O4S. The van der Waals surface area contributed by atoms with Crippen molar-refractivity contribution in [3.05, 3.63) is 54.5 Å². The number of nitrogens with two attached hydrogens (primary N) is 1. The van der Waals surface area contributed by atoms with E-state index in [-0.39, 0.29) is 24.3 Å². The van der Waals surface area contributed by atoms with Gasteiger partial charge >= 0.3 is 0 Å². The fraction of sp³-hybridized carbons (Fsp3) is 0.348. The van der Waals surface area contributed by atoms with E-state index in [2.05, 4.69) is 25.3 Å². The first-order valence-corrected chi connectivity index (χ1v) is 12.4. The van der Waals surface area contributed by atoms with Crippen LogP contribution in [-0.2, 0) is 11.3 Å². The van der Waals surface area contributed by atoms with Gasteiger partial charge in [0.2, 0.25) is 0 Å². The normalized spacial score (nSPS) is 13.7. The van der Waals surface area contributed by atoms with E-state index in [1.807, 2.05) is 6.92 Å². The van der Waals surface area contributed by atoms with E-state index in [9.17, 15) is 13.9 Å². The van der Waals surface area contributed by atoms with Crippen LogP contribution in [0.3, 0.4) is 0 Å². The van der Waals surface area contributed by atoms with Gasteiger partial charge < -0.3 is 15.8 Å². The number of carbonyl (C=O) groups is 1. The molecule has 0 fully saturated rings. The summed E-state index contributed by atoms with van der Waals surface area (Å²) < 4.78 is 28.2. The van der Waals surface area contributed by atoms with Gasteiger partial charge in [0.05, 0.1) is 36.0 Å². The molecule has 35 heavy (non-hydrogen) atoms. The van der Waals surface area contributed by atoms with Crippen LogP contribution in [0, 0.1) is 0 Å². The number of fused-ring (bicyclic) bond motifs is 1. The molecule has 3 heterocycles. The molecular weight excluding hydrogens is 470 g/mol. The smallest absolute Gasteiger partial charge is 0.269 e. The molecule has 0 radical (unpaired) electrons. The molecule has 3 rings (SSSR count). The van der Waals surface area contributed by atoms with Gasteiger partial charge in [0.15, 0.2) is 0 Å². The minimum atomic E-state index is -3.24. The molecule has 0 aliphatic rings. The molecule has 11 nitrogen and oxygen atoms in total. The Morgan fingerprint density at radius 1 is 1.31 bits per heavy atom. The van der Waals surface area contributed by atoms with E-state index >= 15 is 0 Å². The first-order chi connectivity index (χ1) is 16.5. The van der Waals surface area contributed by atoms with Crippen LogP contribution in [0.5, 0.6) is 5.75 Å². The maximum absolute atomic E-state index is 12.8. The molecule has 3 aromatic rings. The average molecular weight is 504 g/mol. The van der Waals surface area contributed by atoms with E-state index in [0.717, 1.165) is 0 Å². The lowest BCUT2D eigenvalue weighted by molar-refractivity contribution is -0.114. The number of carbonyl (C=O) groups excluding carboxylic acids is 1. The fourth-order valence-corrected chi connectivity index (χ4v) is 4.48. The summed E-state index contributed by atoms with van der Waals surface area (Å²) in [7, 11) is -1.79. The molecule has 5 N–H and O–H groups in total. The zero-order chi connectivity index (χ0) is 25.8. The van der Waals surface area contributed by atoms with E-state index in [4.69, 9.17) is 10.5 Å². The number of aromatic nitrogens is 4. The first-order valence-electron chi connectivity index (χ1n) is 10.9. The topological polar surface area (TPSA) is 160 Å². The summed E-state index contributed by atoms with van der Waals surface area (Å²) in [5.74, 6) is 0.345. The number of hydrogen-bond acceptors (Lipinski definition) is 9. The maximum Gasteiger partial charge on any atom is 0.269 e. The predicted molar refractivity (Wildman–Crippen MR) is 139 cm³/mol. The summed E-state index contributed by atoms with van der Waals surface area (Å²) in [4.78, 5) is 29.8. The number of aliphatic imine (C=N–C) groups is 1. The number of hydrogen-bond donors (Lipinski definition) is 4. The van der Waals surface area contributed by atoms with Crippen LogP contribution in [0.15, 0.2) is 52.9 Å². The Kier molecular flexibility index (Phi) is 7.78. The third-order valence-corrected chi connectivity index (χ3v) is 7.76.